The van der Waals surface area contributed by atoms with Gasteiger partial charge in [0.2, 0.25) is 5.91 Å². The molecule has 0 radical (unpaired) electrons. The van der Waals surface area contributed by atoms with Gasteiger partial charge >= 0.3 is 0 Å². The zero-order chi connectivity index (χ0) is 17.3. The van der Waals surface area contributed by atoms with E-state index in [4.69, 9.17) is 10.5 Å². The van der Waals surface area contributed by atoms with E-state index in [0.717, 1.165) is 64.2 Å². The van der Waals surface area contributed by atoms with E-state index < -0.39 is 0 Å². The van der Waals surface area contributed by atoms with Crippen LogP contribution < -0.4 is 5.73 Å². The third-order valence-electron chi connectivity index (χ3n) is 6.02. The number of ether oxygens (including phenoxy) is 1. The lowest BCUT2D eigenvalue weighted by Crippen LogP contribution is -2.59. The summed E-state index contributed by atoms with van der Waals surface area (Å²) >= 11 is 0. The Morgan fingerprint density at radius 1 is 1.33 bits per heavy atom. The standard InChI is InChI=1S/C18H30N4O2/c1-4-22-14(3)15(13(2)20-22)12-21-9-5-6-18(16(21)17(19)23)7-10-24-11-8-18/h16H,4-12H2,1-3H3,(H2,19,23). The van der Waals surface area contributed by atoms with Gasteiger partial charge in [-0.3, -0.25) is 14.4 Å². The van der Waals surface area contributed by atoms with Gasteiger partial charge in [-0.2, -0.15) is 5.10 Å². The molecule has 1 unspecified atom stereocenters. The first kappa shape index (κ1) is 17.4. The Labute approximate surface area is 144 Å². The number of hydrogen-bond acceptors (Lipinski definition) is 4. The first-order chi connectivity index (χ1) is 11.5. The van der Waals surface area contributed by atoms with Crippen molar-refractivity contribution in [3.05, 3.63) is 17.0 Å². The van der Waals surface area contributed by atoms with Crippen LogP contribution in [0, 0.1) is 19.3 Å². The van der Waals surface area contributed by atoms with Crippen molar-refractivity contribution < 1.29 is 9.53 Å². The summed E-state index contributed by atoms with van der Waals surface area (Å²) < 4.78 is 7.59. The molecule has 1 aromatic heterocycles. The number of nitrogens with zero attached hydrogens (tertiary/aromatic N) is 3. The first-order valence-corrected chi connectivity index (χ1v) is 9.12. The Bertz CT molecular complexity index is 599. The van der Waals surface area contributed by atoms with Crippen molar-refractivity contribution in [3.63, 3.8) is 0 Å². The minimum atomic E-state index is -0.195. The van der Waals surface area contributed by atoms with Crippen LogP contribution in [0.4, 0.5) is 0 Å². The number of primary amides is 1. The smallest absolute Gasteiger partial charge is 0.235 e. The van der Waals surface area contributed by atoms with Gasteiger partial charge in [-0.05, 0) is 58.4 Å². The van der Waals surface area contributed by atoms with Gasteiger partial charge in [-0.15, -0.1) is 0 Å². The molecule has 0 saturated carbocycles. The topological polar surface area (TPSA) is 73.4 Å². The third kappa shape index (κ3) is 2.97. The van der Waals surface area contributed by atoms with Gasteiger partial charge < -0.3 is 10.5 Å². The fourth-order valence-corrected chi connectivity index (χ4v) is 4.71. The number of aryl methyl sites for hydroxylation is 2. The Balaban J connectivity index is 1.88. The van der Waals surface area contributed by atoms with E-state index in [1.54, 1.807) is 0 Å². The van der Waals surface area contributed by atoms with Crippen molar-refractivity contribution >= 4 is 5.91 Å². The van der Waals surface area contributed by atoms with Crippen LogP contribution in [0.1, 0.15) is 49.6 Å². The summed E-state index contributed by atoms with van der Waals surface area (Å²) in [6.45, 7) is 10.3. The van der Waals surface area contributed by atoms with E-state index in [9.17, 15) is 4.79 Å². The molecular formula is C18H30N4O2. The highest BCUT2D eigenvalue weighted by atomic mass is 16.5. The summed E-state index contributed by atoms with van der Waals surface area (Å²) in [5, 5.41) is 4.62. The van der Waals surface area contributed by atoms with Gasteiger partial charge in [0.1, 0.15) is 0 Å². The highest BCUT2D eigenvalue weighted by Gasteiger charge is 2.48. The molecule has 0 aromatic carbocycles. The van der Waals surface area contributed by atoms with Crippen molar-refractivity contribution in [1.29, 1.82) is 0 Å². The maximum atomic E-state index is 12.4. The molecular weight excluding hydrogens is 304 g/mol. The maximum absolute atomic E-state index is 12.4. The number of likely N-dealkylation sites (tertiary alicyclic amines) is 1. The summed E-state index contributed by atoms with van der Waals surface area (Å²) in [5.74, 6) is -0.185. The largest absolute Gasteiger partial charge is 0.381 e. The van der Waals surface area contributed by atoms with E-state index in [-0.39, 0.29) is 17.4 Å². The lowest BCUT2D eigenvalue weighted by atomic mass is 9.67. The average molecular weight is 334 g/mol. The van der Waals surface area contributed by atoms with Crippen molar-refractivity contribution in [3.8, 4) is 0 Å². The molecule has 2 aliphatic heterocycles. The quantitative estimate of drug-likeness (QED) is 0.911. The fraction of sp³-hybridized carbons (Fsp3) is 0.778. The highest BCUT2D eigenvalue weighted by molar-refractivity contribution is 5.81. The second-order valence-corrected chi connectivity index (χ2v) is 7.32. The molecule has 0 bridgehead atoms. The molecule has 1 atom stereocenters. The molecule has 2 fully saturated rings. The Hall–Kier alpha value is -1.40. The van der Waals surface area contributed by atoms with Crippen LogP contribution in [0.3, 0.4) is 0 Å². The molecule has 1 aromatic rings. The van der Waals surface area contributed by atoms with Crippen molar-refractivity contribution in [2.45, 2.75) is 65.6 Å². The number of piperidine rings is 1. The minimum Gasteiger partial charge on any atom is -0.381 e. The molecule has 6 nitrogen and oxygen atoms in total. The zero-order valence-corrected chi connectivity index (χ0v) is 15.2. The lowest BCUT2D eigenvalue weighted by molar-refractivity contribution is -0.138. The number of rotatable bonds is 4. The van der Waals surface area contributed by atoms with Gasteiger partial charge in [0.25, 0.3) is 0 Å². The molecule has 2 saturated heterocycles. The van der Waals surface area contributed by atoms with Gasteiger partial charge in [0.15, 0.2) is 0 Å². The van der Waals surface area contributed by atoms with Crippen molar-refractivity contribution in [2.75, 3.05) is 19.8 Å². The predicted octanol–water partition coefficient (Wildman–Crippen LogP) is 1.77. The Kier molecular flexibility index (Phi) is 4.97. The number of hydrogen-bond donors (Lipinski definition) is 1. The van der Waals surface area contributed by atoms with E-state index in [0.29, 0.717) is 0 Å². The normalized spacial score (nSPS) is 24.4. The summed E-state index contributed by atoms with van der Waals surface area (Å²) in [6.07, 6.45) is 4.06. The van der Waals surface area contributed by atoms with E-state index in [1.165, 1.54) is 11.3 Å². The Morgan fingerprint density at radius 2 is 2.04 bits per heavy atom. The van der Waals surface area contributed by atoms with Crippen molar-refractivity contribution in [1.82, 2.24) is 14.7 Å². The summed E-state index contributed by atoms with van der Waals surface area (Å²) in [4.78, 5) is 14.7. The number of amides is 1. The van der Waals surface area contributed by atoms with Crippen LogP contribution in [0.15, 0.2) is 0 Å². The molecule has 3 rings (SSSR count). The van der Waals surface area contributed by atoms with E-state index in [1.807, 2.05) is 4.68 Å². The molecule has 0 aliphatic carbocycles. The SMILES string of the molecule is CCn1nc(C)c(CN2CCCC3(CCOCC3)C2C(N)=O)c1C. The van der Waals surface area contributed by atoms with Crippen LogP contribution >= 0.6 is 0 Å². The minimum absolute atomic E-state index is 0.00903. The fourth-order valence-electron chi connectivity index (χ4n) is 4.71. The molecule has 134 valence electrons. The third-order valence-corrected chi connectivity index (χ3v) is 6.02. The zero-order valence-electron chi connectivity index (χ0n) is 15.2. The summed E-state index contributed by atoms with van der Waals surface area (Å²) in [7, 11) is 0. The average Bonchev–Trinajstić information content (AvgIpc) is 2.83. The van der Waals surface area contributed by atoms with Gasteiger partial charge in [-0.1, -0.05) is 0 Å². The monoisotopic (exact) mass is 334 g/mol. The first-order valence-electron chi connectivity index (χ1n) is 9.12. The molecule has 2 aliphatic rings. The number of carbonyl (C=O) groups excluding carboxylic acids is 1. The summed E-state index contributed by atoms with van der Waals surface area (Å²) in [6, 6.07) is -0.195. The second kappa shape index (κ2) is 6.84. The van der Waals surface area contributed by atoms with Crippen LogP contribution in [0.5, 0.6) is 0 Å². The van der Waals surface area contributed by atoms with Crippen LogP contribution in [0.2, 0.25) is 0 Å². The summed E-state index contributed by atoms with van der Waals surface area (Å²) in [5.41, 5.74) is 9.37. The van der Waals surface area contributed by atoms with E-state index in [2.05, 4.69) is 30.8 Å². The molecule has 2 N–H and O–H groups in total. The highest BCUT2D eigenvalue weighted by Crippen LogP contribution is 2.44. The van der Waals surface area contributed by atoms with Gasteiger partial charge in [-0.25, -0.2) is 0 Å². The second-order valence-electron chi connectivity index (χ2n) is 7.32. The van der Waals surface area contributed by atoms with Crippen LogP contribution in [0.25, 0.3) is 0 Å². The number of nitrogens with two attached hydrogens (primary N) is 1. The van der Waals surface area contributed by atoms with Crippen molar-refractivity contribution in [2.24, 2.45) is 11.1 Å². The molecule has 6 heteroatoms. The maximum Gasteiger partial charge on any atom is 0.235 e. The molecule has 24 heavy (non-hydrogen) atoms. The van der Waals surface area contributed by atoms with Crippen LogP contribution in [-0.4, -0.2) is 46.4 Å². The number of aromatic nitrogens is 2. The molecule has 3 heterocycles. The Morgan fingerprint density at radius 3 is 2.62 bits per heavy atom. The predicted molar refractivity (Wildman–Crippen MR) is 92.5 cm³/mol. The van der Waals surface area contributed by atoms with Crippen LogP contribution in [-0.2, 0) is 22.6 Å². The lowest BCUT2D eigenvalue weighted by Gasteiger charge is -2.50. The van der Waals surface area contributed by atoms with Gasteiger partial charge in [0, 0.05) is 37.6 Å². The van der Waals surface area contributed by atoms with E-state index >= 15 is 0 Å². The molecule has 1 amide bonds. The number of carbonyl (C=O) groups is 1. The molecule has 1 spiro atoms. The van der Waals surface area contributed by atoms with Gasteiger partial charge in [0.05, 0.1) is 11.7 Å².